The van der Waals surface area contributed by atoms with Crippen LogP contribution in [-0.2, 0) is 35.2 Å². The number of carbonyl (C=O) groups is 7. The molecule has 0 spiro atoms. The fourth-order valence-corrected chi connectivity index (χ4v) is 10.1. The highest BCUT2D eigenvalue weighted by atomic mass is 16.5. The van der Waals surface area contributed by atoms with Crippen LogP contribution in [0, 0.1) is 5.92 Å². The molecule has 7 amide bonds. The average molecular weight is 1130 g/mol. The van der Waals surface area contributed by atoms with Crippen LogP contribution < -0.4 is 42.4 Å². The van der Waals surface area contributed by atoms with Crippen LogP contribution in [-0.4, -0.2) is 200 Å². The molecule has 1 unspecified atom stereocenters. The lowest BCUT2D eigenvalue weighted by Crippen LogP contribution is -2.63. The second-order valence-corrected chi connectivity index (χ2v) is 20.9. The number of nitrogens with zero attached hydrogens (tertiary/aromatic N) is 3. The molecule has 4 aromatic rings. The smallest absolute Gasteiger partial charge is 0.251 e. The molecule has 0 bridgehead atoms. The number of aromatic hydroxyl groups is 1. The quantitative estimate of drug-likeness (QED) is 0.0531. The molecule has 1 aromatic heterocycles. The van der Waals surface area contributed by atoms with Gasteiger partial charge in [0.1, 0.15) is 53.4 Å². The summed E-state index contributed by atoms with van der Waals surface area (Å²) in [5, 5.41) is 85.6. The van der Waals surface area contributed by atoms with Gasteiger partial charge in [-0.05, 0) is 73.9 Å². The molecule has 7 rings (SSSR count). The van der Waals surface area contributed by atoms with Crippen molar-refractivity contribution in [3.8, 4) is 34.1 Å². The van der Waals surface area contributed by atoms with Crippen molar-refractivity contribution in [3.05, 3.63) is 90.0 Å². The lowest BCUT2D eigenvalue weighted by Gasteiger charge is -2.32. The number of aromatic nitrogens is 1. The van der Waals surface area contributed by atoms with Gasteiger partial charge in [-0.25, -0.2) is 0 Å². The van der Waals surface area contributed by atoms with Crippen LogP contribution >= 0.6 is 0 Å². The van der Waals surface area contributed by atoms with Crippen molar-refractivity contribution in [2.75, 3.05) is 45.9 Å². The van der Waals surface area contributed by atoms with E-state index in [0.717, 1.165) is 40.4 Å². The van der Waals surface area contributed by atoms with Crippen molar-refractivity contribution in [1.82, 2.24) is 46.9 Å². The highest BCUT2D eigenvalue weighted by Gasteiger charge is 2.49. The summed E-state index contributed by atoms with van der Waals surface area (Å²) >= 11 is 0. The van der Waals surface area contributed by atoms with Gasteiger partial charge >= 0.3 is 0 Å². The summed E-state index contributed by atoms with van der Waals surface area (Å²) in [5.41, 5.74) is 8.17. The van der Waals surface area contributed by atoms with E-state index in [4.69, 9.17) is 15.0 Å². The zero-order chi connectivity index (χ0) is 58.5. The molecule has 4 heterocycles. The average Bonchev–Trinajstić information content (AvgIpc) is 4.21. The van der Waals surface area contributed by atoms with Crippen LogP contribution in [0.2, 0.25) is 0 Å². The molecular formula is C56H74N10O15. The van der Waals surface area contributed by atoms with E-state index in [-0.39, 0.29) is 50.3 Å². The van der Waals surface area contributed by atoms with Gasteiger partial charge in [0.25, 0.3) is 5.91 Å². The number of rotatable bonds is 17. The number of fused-ring (bicyclic) bond motifs is 2. The van der Waals surface area contributed by atoms with Crippen LogP contribution in [0.4, 0.5) is 0 Å². The Kier molecular flexibility index (Phi) is 21.3. The van der Waals surface area contributed by atoms with Gasteiger partial charge in [-0.3, -0.25) is 33.6 Å². The first-order chi connectivity index (χ1) is 38.8. The van der Waals surface area contributed by atoms with Crippen molar-refractivity contribution in [3.63, 3.8) is 0 Å². The van der Waals surface area contributed by atoms with Crippen LogP contribution in [0.3, 0.4) is 0 Å². The third-order valence-corrected chi connectivity index (χ3v) is 14.7. The lowest BCUT2D eigenvalue weighted by atomic mass is 10.00. The van der Waals surface area contributed by atoms with E-state index in [0.29, 0.717) is 29.2 Å². The predicted molar refractivity (Wildman–Crippen MR) is 291 cm³/mol. The molecule has 3 fully saturated rings. The summed E-state index contributed by atoms with van der Waals surface area (Å²) in [6.07, 6.45) is -4.13. The molecule has 0 aliphatic carbocycles. The minimum absolute atomic E-state index is 0.0760. The second kappa shape index (κ2) is 28.3. The Labute approximate surface area is 467 Å². The molecule has 3 aromatic carbocycles. The maximum absolute atomic E-state index is 14.7. The lowest BCUT2D eigenvalue weighted by molar-refractivity contribution is -0.146. The number of nitrogens with one attached hydrogen (secondary N) is 6. The topological polar surface area (TPSA) is 381 Å². The maximum Gasteiger partial charge on any atom is 0.251 e. The number of nitrogens with two attached hydrogens (primary N) is 1. The fourth-order valence-electron chi connectivity index (χ4n) is 10.1. The summed E-state index contributed by atoms with van der Waals surface area (Å²) in [4.78, 5) is 102. The van der Waals surface area contributed by atoms with Crippen LogP contribution in [0.1, 0.15) is 68.8 Å². The van der Waals surface area contributed by atoms with Crippen LogP contribution in [0.25, 0.3) is 22.6 Å². The van der Waals surface area contributed by atoms with Gasteiger partial charge in [-0.15, -0.1) is 0 Å². The highest BCUT2D eigenvalue weighted by molar-refractivity contribution is 6.00. The number of aliphatic hydroxyl groups excluding tert-OH is 5. The Morgan fingerprint density at radius 2 is 1.53 bits per heavy atom. The van der Waals surface area contributed by atoms with Gasteiger partial charge in [-0.2, -0.15) is 0 Å². The minimum Gasteiger partial charge on any atom is -0.508 e. The molecule has 25 heteroatoms. The zero-order valence-corrected chi connectivity index (χ0v) is 45.4. The number of benzene rings is 3. The number of ether oxygens (including phenoxy) is 1. The van der Waals surface area contributed by atoms with Gasteiger partial charge < -0.3 is 87.3 Å². The third-order valence-electron chi connectivity index (χ3n) is 14.7. The second-order valence-electron chi connectivity index (χ2n) is 20.9. The summed E-state index contributed by atoms with van der Waals surface area (Å²) < 4.78 is 11.5. The Hall–Kier alpha value is -7.52. The molecule has 3 aliphatic heterocycles. The van der Waals surface area contributed by atoms with Gasteiger partial charge in [0, 0.05) is 80.3 Å². The predicted octanol–water partition coefficient (Wildman–Crippen LogP) is -1.58. The molecule has 12 atom stereocenters. The highest BCUT2D eigenvalue weighted by Crippen LogP contribution is 2.29. The molecule has 0 saturated carbocycles. The maximum atomic E-state index is 14.7. The minimum atomic E-state index is -1.92. The SMILES string of the molecule is CCCCCOc1ccc(-c2cc(-c3ccc(C(=O)N[C@H]4CC(NCCN)CNC(=O)[C@@H]5[C@@H](O)[C@@H](C)CN5C(=O)[C@H](CO)NC(=O)[C@H]([C@H](O)Cc5ccc(O)cc5)NC(=O)[C@@H]5C[C@@H](O)CN5C(=O)[C@H]([C@@H](C)O)NC4=O)cc3)no2)cc1. The number of phenols is 1. The number of aliphatic hydroxyl groups is 5. The van der Waals surface area contributed by atoms with Gasteiger partial charge in [0.2, 0.25) is 35.4 Å². The normalized spacial score (nSPS) is 26.0. The number of hydrogen-bond donors (Lipinski definition) is 13. The Morgan fingerprint density at radius 3 is 2.20 bits per heavy atom. The van der Waals surface area contributed by atoms with E-state index in [9.17, 15) is 64.2 Å². The zero-order valence-electron chi connectivity index (χ0n) is 45.4. The number of amides is 7. The molecule has 438 valence electrons. The van der Waals surface area contributed by atoms with E-state index in [1.165, 1.54) is 43.3 Å². The molecular weight excluding hydrogens is 1050 g/mol. The molecule has 3 aliphatic rings. The number of phenolic OH excluding ortho intramolecular Hbond substituents is 1. The number of unbranched alkanes of at least 4 members (excludes halogenated alkanes) is 2. The van der Waals surface area contributed by atoms with E-state index >= 15 is 0 Å². The van der Waals surface area contributed by atoms with E-state index in [1.807, 2.05) is 24.3 Å². The van der Waals surface area contributed by atoms with E-state index in [2.05, 4.69) is 44.0 Å². The van der Waals surface area contributed by atoms with Crippen molar-refractivity contribution in [2.45, 2.75) is 126 Å². The molecule has 14 N–H and O–H groups in total. The van der Waals surface area contributed by atoms with Crippen molar-refractivity contribution in [1.29, 1.82) is 0 Å². The van der Waals surface area contributed by atoms with Crippen molar-refractivity contribution in [2.24, 2.45) is 11.7 Å². The fraction of sp³-hybridized carbons (Fsp3) is 0.500. The summed E-state index contributed by atoms with van der Waals surface area (Å²) in [7, 11) is 0. The Balaban J connectivity index is 1.18. The summed E-state index contributed by atoms with van der Waals surface area (Å²) in [6.45, 7) is 3.68. The number of carbonyl (C=O) groups excluding carboxylic acids is 7. The number of hydrogen-bond acceptors (Lipinski definition) is 18. The standard InChI is InChI=1S/C56H74N10O15/c1-4-5-6-21-80-39-17-13-34(14-18-39)45-25-40(64-81-45)33-9-11-35(12-10-33)50(73)60-41-23-36(58-20-19-57)26-59-54(77)48-49(72)30(2)27-66(48)55(78)42(29-67)61-53(76)47(44(71)22-32-7-15-37(69)16-8-32)63-52(75)43-24-38(70)28-65(43)56(79)46(31(3)68)62-51(41)74/h7-18,25,30-31,36,38,41-44,46-49,58,67-72H,4-6,19-24,26-29,57H2,1-3H3,(H,59,77)(H,60,73)(H,61,76)(H,62,74)(H,63,75)/t30-,31+,36?,38+,41-,42-,43-,44+,46-,47-,48-,49-/m0/s1. The van der Waals surface area contributed by atoms with Gasteiger partial charge in [-0.1, -0.05) is 56.1 Å². The monoisotopic (exact) mass is 1130 g/mol. The summed E-state index contributed by atoms with van der Waals surface area (Å²) in [6, 6.07) is 9.79. The first-order valence-electron chi connectivity index (χ1n) is 27.3. The Morgan fingerprint density at radius 1 is 0.840 bits per heavy atom. The van der Waals surface area contributed by atoms with Gasteiger partial charge in [0.15, 0.2) is 5.76 Å². The van der Waals surface area contributed by atoms with E-state index in [1.54, 1.807) is 25.1 Å². The Bertz CT molecular complexity index is 2800. The molecule has 25 nitrogen and oxygen atoms in total. The first-order valence-corrected chi connectivity index (χ1v) is 27.3. The first kappa shape index (κ1) is 61.1. The van der Waals surface area contributed by atoms with Crippen LogP contribution in [0.5, 0.6) is 11.5 Å². The molecule has 81 heavy (non-hydrogen) atoms. The summed E-state index contributed by atoms with van der Waals surface area (Å²) in [5.74, 6) is -6.50. The third kappa shape index (κ3) is 15.5. The van der Waals surface area contributed by atoms with Crippen molar-refractivity contribution >= 4 is 41.4 Å². The molecule has 3 saturated heterocycles. The van der Waals surface area contributed by atoms with E-state index < -0.39 is 134 Å². The largest absolute Gasteiger partial charge is 0.508 e. The van der Waals surface area contributed by atoms with Crippen LogP contribution in [0.15, 0.2) is 83.4 Å². The molecule has 0 radical (unpaired) electrons. The van der Waals surface area contributed by atoms with Crippen molar-refractivity contribution < 1.29 is 73.5 Å². The van der Waals surface area contributed by atoms with Gasteiger partial charge in [0.05, 0.1) is 37.6 Å².